The molecule has 3 nitrogen and oxygen atoms in total. The van der Waals surface area contributed by atoms with Gasteiger partial charge in [0.05, 0.1) is 0 Å². The van der Waals surface area contributed by atoms with Crippen LogP contribution in [0.1, 0.15) is 24.1 Å². The zero-order valence-corrected chi connectivity index (χ0v) is 9.54. The lowest BCUT2D eigenvalue weighted by Gasteiger charge is -2.14. The van der Waals surface area contributed by atoms with Gasteiger partial charge in [0.15, 0.2) is 0 Å². The Hall–Kier alpha value is -1.09. The highest BCUT2D eigenvalue weighted by Crippen LogP contribution is 2.30. The fourth-order valence-corrected chi connectivity index (χ4v) is 2.50. The van der Waals surface area contributed by atoms with Crippen molar-refractivity contribution >= 4 is 0 Å². The van der Waals surface area contributed by atoms with Crippen molar-refractivity contribution in [1.29, 1.82) is 0 Å². The molecule has 1 saturated carbocycles. The van der Waals surface area contributed by atoms with Gasteiger partial charge in [0.2, 0.25) is 0 Å². The smallest absolute Gasteiger partial charge is 0.250 e. The molecule has 0 saturated heterocycles. The largest absolute Gasteiger partial charge is 0.316 e. The summed E-state index contributed by atoms with van der Waals surface area (Å²) in [5.41, 5.74) is 2.84. The second-order valence-corrected chi connectivity index (χ2v) is 4.95. The Morgan fingerprint density at radius 3 is 2.88 bits per heavy atom. The van der Waals surface area contributed by atoms with Crippen molar-refractivity contribution in [2.24, 2.45) is 5.92 Å². The Labute approximate surface area is 95.5 Å². The van der Waals surface area contributed by atoms with Gasteiger partial charge in [-0.05, 0) is 37.3 Å². The van der Waals surface area contributed by atoms with Crippen LogP contribution in [0.5, 0.6) is 0 Å². The van der Waals surface area contributed by atoms with Gasteiger partial charge in [-0.2, -0.15) is 0 Å². The highest BCUT2D eigenvalue weighted by molar-refractivity contribution is 5.23. The van der Waals surface area contributed by atoms with Crippen molar-refractivity contribution in [2.75, 3.05) is 13.1 Å². The Morgan fingerprint density at radius 1 is 1.25 bits per heavy atom. The van der Waals surface area contributed by atoms with Gasteiger partial charge < -0.3 is 9.88 Å². The predicted molar refractivity (Wildman–Crippen MR) is 63.7 cm³/mol. The Kier molecular flexibility index (Phi) is 2.56. The molecule has 3 rings (SSSR count). The molecule has 0 unspecified atom stereocenters. The van der Waals surface area contributed by atoms with E-state index < -0.39 is 0 Å². The number of rotatable bonds is 2. The standard InChI is InChI=1S/C13H18N2O/c16-13-4-3-11-5-7-14-8-6-12(11)15(13)9-10-1-2-10/h3-4,10,14H,1-2,5-9H2. The number of hydrogen-bond acceptors (Lipinski definition) is 2. The molecule has 1 aliphatic heterocycles. The summed E-state index contributed by atoms with van der Waals surface area (Å²) in [5, 5.41) is 3.39. The molecule has 1 aromatic rings. The molecule has 0 spiro atoms. The number of hydrogen-bond donors (Lipinski definition) is 1. The van der Waals surface area contributed by atoms with Gasteiger partial charge in [0.25, 0.3) is 5.56 Å². The van der Waals surface area contributed by atoms with E-state index in [1.54, 1.807) is 6.07 Å². The third-order valence-corrected chi connectivity index (χ3v) is 3.64. The van der Waals surface area contributed by atoms with E-state index in [4.69, 9.17) is 0 Å². The maximum absolute atomic E-state index is 11.9. The molecule has 0 aromatic carbocycles. The first-order chi connectivity index (χ1) is 7.84. The predicted octanol–water partition coefficient (Wildman–Crippen LogP) is 0.946. The lowest BCUT2D eigenvalue weighted by atomic mass is 10.1. The molecule has 86 valence electrons. The topological polar surface area (TPSA) is 34.0 Å². The van der Waals surface area contributed by atoms with Gasteiger partial charge in [0, 0.05) is 31.3 Å². The average Bonchev–Trinajstić information content (AvgIpc) is 3.09. The zero-order chi connectivity index (χ0) is 11.0. The van der Waals surface area contributed by atoms with Crippen molar-refractivity contribution < 1.29 is 0 Å². The number of nitrogens with zero attached hydrogens (tertiary/aromatic N) is 1. The van der Waals surface area contributed by atoms with Gasteiger partial charge in [-0.25, -0.2) is 0 Å². The molecule has 1 fully saturated rings. The third kappa shape index (κ3) is 1.92. The number of aromatic nitrogens is 1. The summed E-state index contributed by atoms with van der Waals surface area (Å²) in [6.45, 7) is 2.98. The molecule has 2 heterocycles. The second-order valence-electron chi connectivity index (χ2n) is 4.95. The van der Waals surface area contributed by atoms with Crippen LogP contribution >= 0.6 is 0 Å². The van der Waals surface area contributed by atoms with Crippen LogP contribution in [0.25, 0.3) is 0 Å². The molecular formula is C13H18N2O. The van der Waals surface area contributed by atoms with Crippen LogP contribution in [0.2, 0.25) is 0 Å². The van der Waals surface area contributed by atoms with Crippen molar-refractivity contribution in [3.8, 4) is 0 Å². The average molecular weight is 218 g/mol. The molecule has 16 heavy (non-hydrogen) atoms. The molecule has 3 heteroatoms. The Morgan fingerprint density at radius 2 is 2.06 bits per heavy atom. The van der Waals surface area contributed by atoms with E-state index in [1.165, 1.54) is 24.1 Å². The van der Waals surface area contributed by atoms with Crippen LogP contribution < -0.4 is 10.9 Å². The first-order valence-corrected chi connectivity index (χ1v) is 6.27. The van der Waals surface area contributed by atoms with Gasteiger partial charge >= 0.3 is 0 Å². The molecular weight excluding hydrogens is 200 g/mol. The van der Waals surface area contributed by atoms with E-state index in [-0.39, 0.29) is 5.56 Å². The molecule has 2 aliphatic rings. The van der Waals surface area contributed by atoms with Crippen LogP contribution in [-0.2, 0) is 19.4 Å². The van der Waals surface area contributed by atoms with Crippen LogP contribution in [0.3, 0.4) is 0 Å². The molecule has 0 bridgehead atoms. The van der Waals surface area contributed by atoms with E-state index in [9.17, 15) is 4.79 Å². The fourth-order valence-electron chi connectivity index (χ4n) is 2.50. The highest BCUT2D eigenvalue weighted by atomic mass is 16.1. The minimum Gasteiger partial charge on any atom is -0.316 e. The zero-order valence-electron chi connectivity index (χ0n) is 9.54. The van der Waals surface area contributed by atoms with Crippen LogP contribution in [0.4, 0.5) is 0 Å². The lowest BCUT2D eigenvalue weighted by molar-refractivity contribution is 0.573. The van der Waals surface area contributed by atoms with E-state index in [1.807, 2.05) is 10.6 Å². The van der Waals surface area contributed by atoms with Gasteiger partial charge in [-0.1, -0.05) is 6.07 Å². The van der Waals surface area contributed by atoms with Crippen molar-refractivity contribution in [2.45, 2.75) is 32.2 Å². The van der Waals surface area contributed by atoms with Gasteiger partial charge in [-0.3, -0.25) is 4.79 Å². The fraction of sp³-hybridized carbons (Fsp3) is 0.615. The summed E-state index contributed by atoms with van der Waals surface area (Å²) < 4.78 is 2.03. The normalized spacial score (nSPS) is 20.2. The minimum absolute atomic E-state index is 0.188. The van der Waals surface area contributed by atoms with Gasteiger partial charge in [0.1, 0.15) is 0 Å². The maximum Gasteiger partial charge on any atom is 0.250 e. The molecule has 1 N–H and O–H groups in total. The molecule has 1 aliphatic carbocycles. The van der Waals surface area contributed by atoms with Gasteiger partial charge in [-0.15, -0.1) is 0 Å². The monoisotopic (exact) mass is 218 g/mol. The molecule has 1 aromatic heterocycles. The Balaban J connectivity index is 2.02. The molecule has 0 atom stereocenters. The Bertz CT molecular complexity index is 446. The second kappa shape index (κ2) is 4.06. The van der Waals surface area contributed by atoms with Crippen LogP contribution in [0.15, 0.2) is 16.9 Å². The van der Waals surface area contributed by atoms with Crippen molar-refractivity contribution in [3.63, 3.8) is 0 Å². The highest BCUT2D eigenvalue weighted by Gasteiger charge is 2.24. The number of fused-ring (bicyclic) bond motifs is 1. The quantitative estimate of drug-likeness (QED) is 0.802. The minimum atomic E-state index is 0.188. The summed E-state index contributed by atoms with van der Waals surface area (Å²) in [6, 6.07) is 3.76. The SMILES string of the molecule is O=c1ccc2c(n1CC1CC1)CCNCC2. The van der Waals surface area contributed by atoms with Crippen molar-refractivity contribution in [1.82, 2.24) is 9.88 Å². The van der Waals surface area contributed by atoms with Crippen molar-refractivity contribution in [3.05, 3.63) is 33.7 Å². The summed E-state index contributed by atoms with van der Waals surface area (Å²) in [4.78, 5) is 11.9. The summed E-state index contributed by atoms with van der Waals surface area (Å²) in [5.74, 6) is 0.764. The van der Waals surface area contributed by atoms with Crippen LogP contribution in [-0.4, -0.2) is 17.7 Å². The summed E-state index contributed by atoms with van der Waals surface area (Å²) in [7, 11) is 0. The summed E-state index contributed by atoms with van der Waals surface area (Å²) in [6.07, 6.45) is 4.65. The third-order valence-electron chi connectivity index (χ3n) is 3.64. The van der Waals surface area contributed by atoms with E-state index in [0.717, 1.165) is 38.4 Å². The maximum atomic E-state index is 11.9. The van der Waals surface area contributed by atoms with E-state index in [2.05, 4.69) is 5.32 Å². The first-order valence-electron chi connectivity index (χ1n) is 6.27. The number of nitrogens with one attached hydrogen (secondary N) is 1. The van der Waals surface area contributed by atoms with Crippen LogP contribution in [0, 0.1) is 5.92 Å². The first kappa shape index (κ1) is 10.1. The van der Waals surface area contributed by atoms with E-state index >= 15 is 0 Å². The summed E-state index contributed by atoms with van der Waals surface area (Å²) >= 11 is 0. The lowest BCUT2D eigenvalue weighted by Crippen LogP contribution is -2.25. The number of pyridine rings is 1. The van der Waals surface area contributed by atoms with E-state index in [0.29, 0.717) is 0 Å². The molecule has 0 radical (unpaired) electrons. The molecule has 0 amide bonds.